The molecule has 0 bridgehead atoms. The summed E-state index contributed by atoms with van der Waals surface area (Å²) in [4.78, 5) is -0.425. The van der Waals surface area contributed by atoms with Gasteiger partial charge in [-0.15, -0.1) is 0 Å². The third-order valence-electron chi connectivity index (χ3n) is 2.79. The third kappa shape index (κ3) is 2.65. The van der Waals surface area contributed by atoms with Crippen LogP contribution in [0.2, 0.25) is 0 Å². The van der Waals surface area contributed by atoms with Crippen LogP contribution < -0.4 is 4.31 Å². The Morgan fingerprint density at radius 3 is 2.35 bits per heavy atom. The molecule has 0 aliphatic rings. The third-order valence-corrected chi connectivity index (χ3v) is 4.72. The molecule has 0 N–H and O–H groups in total. The number of rotatable bonds is 4. The van der Waals surface area contributed by atoms with Gasteiger partial charge in [0.25, 0.3) is 10.0 Å². The number of nitrogens with zero attached hydrogens (tertiary/aromatic N) is 1. The van der Waals surface area contributed by atoms with Crippen molar-refractivity contribution in [2.45, 2.75) is 11.8 Å². The molecule has 0 atom stereocenters. The van der Waals surface area contributed by atoms with E-state index in [-0.39, 0.29) is 12.2 Å². The monoisotopic (exact) mass is 297 g/mol. The van der Waals surface area contributed by atoms with Crippen molar-refractivity contribution in [3.63, 3.8) is 0 Å². The first-order valence-electron chi connectivity index (χ1n) is 5.99. The molecular formula is C14H13F2NO2S. The molecule has 2 aromatic rings. The molecule has 0 aliphatic heterocycles. The Morgan fingerprint density at radius 2 is 1.75 bits per heavy atom. The lowest BCUT2D eigenvalue weighted by molar-refractivity contribution is 0.564. The maximum Gasteiger partial charge on any atom is 0.267 e. The van der Waals surface area contributed by atoms with Crippen molar-refractivity contribution in [1.29, 1.82) is 0 Å². The number of hydrogen-bond donors (Lipinski definition) is 0. The predicted octanol–water partition coefficient (Wildman–Crippen LogP) is 3.18. The van der Waals surface area contributed by atoms with Crippen LogP contribution in [0.25, 0.3) is 0 Å². The van der Waals surface area contributed by atoms with Crippen molar-refractivity contribution < 1.29 is 17.2 Å². The van der Waals surface area contributed by atoms with Crippen molar-refractivity contribution in [1.82, 2.24) is 0 Å². The molecule has 2 rings (SSSR count). The Bertz CT molecular complexity index is 717. The highest BCUT2D eigenvalue weighted by molar-refractivity contribution is 7.92. The molecule has 3 nitrogen and oxygen atoms in total. The Morgan fingerprint density at radius 1 is 1.05 bits per heavy atom. The number of hydrogen-bond acceptors (Lipinski definition) is 2. The second-order valence-electron chi connectivity index (χ2n) is 4.08. The van der Waals surface area contributed by atoms with Gasteiger partial charge in [-0.2, -0.15) is 0 Å². The van der Waals surface area contributed by atoms with E-state index < -0.39 is 26.6 Å². The van der Waals surface area contributed by atoms with E-state index >= 15 is 0 Å². The van der Waals surface area contributed by atoms with Gasteiger partial charge in [-0.3, -0.25) is 4.31 Å². The van der Waals surface area contributed by atoms with E-state index in [0.29, 0.717) is 0 Å². The van der Waals surface area contributed by atoms with E-state index in [1.54, 1.807) is 6.92 Å². The average Bonchev–Trinajstić information content (AvgIpc) is 2.39. The van der Waals surface area contributed by atoms with Crippen molar-refractivity contribution in [3.8, 4) is 0 Å². The van der Waals surface area contributed by atoms with E-state index in [0.717, 1.165) is 16.4 Å². The fourth-order valence-electron chi connectivity index (χ4n) is 1.90. The van der Waals surface area contributed by atoms with Gasteiger partial charge in [0.05, 0.1) is 5.69 Å². The van der Waals surface area contributed by atoms with Gasteiger partial charge in [-0.1, -0.05) is 18.2 Å². The number of sulfonamides is 1. The minimum absolute atomic E-state index is 0.0696. The Balaban J connectivity index is 2.54. The minimum atomic E-state index is -4.06. The van der Waals surface area contributed by atoms with Gasteiger partial charge < -0.3 is 0 Å². The molecule has 0 saturated heterocycles. The van der Waals surface area contributed by atoms with E-state index in [1.165, 1.54) is 36.4 Å². The van der Waals surface area contributed by atoms with Crippen molar-refractivity contribution in [3.05, 3.63) is 60.2 Å². The summed E-state index contributed by atoms with van der Waals surface area (Å²) in [6, 6.07) is 10.3. The molecule has 0 heterocycles. The smallest absolute Gasteiger partial charge is 0.266 e. The quantitative estimate of drug-likeness (QED) is 0.869. The van der Waals surface area contributed by atoms with Crippen LogP contribution in [0.15, 0.2) is 53.4 Å². The van der Waals surface area contributed by atoms with Gasteiger partial charge in [0, 0.05) is 6.54 Å². The number of halogens is 2. The summed E-state index contributed by atoms with van der Waals surface area (Å²) in [5.41, 5.74) is 0.163. The van der Waals surface area contributed by atoms with Gasteiger partial charge >= 0.3 is 0 Å². The lowest BCUT2D eigenvalue weighted by atomic mass is 10.3. The van der Waals surface area contributed by atoms with Gasteiger partial charge in [0.1, 0.15) is 16.5 Å². The summed E-state index contributed by atoms with van der Waals surface area (Å²) in [7, 11) is -4.06. The Hall–Kier alpha value is -1.95. The molecule has 0 radical (unpaired) electrons. The zero-order valence-electron chi connectivity index (χ0n) is 10.8. The summed E-state index contributed by atoms with van der Waals surface area (Å²) in [5.74, 6) is -1.38. The molecule has 0 spiro atoms. The normalized spacial score (nSPS) is 11.3. The van der Waals surface area contributed by atoms with Crippen molar-refractivity contribution in [2.24, 2.45) is 0 Å². The van der Waals surface area contributed by atoms with Gasteiger partial charge in [-0.05, 0) is 37.3 Å². The van der Waals surface area contributed by atoms with Gasteiger partial charge in [0.2, 0.25) is 0 Å². The number of anilines is 1. The molecule has 0 amide bonds. The SMILES string of the molecule is CCN(c1cccc(F)c1)S(=O)(=O)c1ccccc1F. The molecule has 6 heteroatoms. The average molecular weight is 297 g/mol. The topological polar surface area (TPSA) is 37.4 Å². The van der Waals surface area contributed by atoms with Crippen LogP contribution in [0, 0.1) is 11.6 Å². The maximum atomic E-state index is 13.7. The van der Waals surface area contributed by atoms with E-state index in [2.05, 4.69) is 0 Å². The lowest BCUT2D eigenvalue weighted by Crippen LogP contribution is -2.31. The summed E-state index contributed by atoms with van der Waals surface area (Å²) < 4.78 is 52.8. The summed E-state index contributed by atoms with van der Waals surface area (Å²) >= 11 is 0. The van der Waals surface area contributed by atoms with Crippen LogP contribution in [0.3, 0.4) is 0 Å². The summed E-state index contributed by atoms with van der Waals surface area (Å²) in [5, 5.41) is 0. The molecule has 0 saturated carbocycles. The van der Waals surface area contributed by atoms with Crippen molar-refractivity contribution >= 4 is 15.7 Å². The number of benzene rings is 2. The molecule has 0 aliphatic carbocycles. The first kappa shape index (κ1) is 14.5. The zero-order valence-corrected chi connectivity index (χ0v) is 11.6. The Labute approximate surface area is 116 Å². The minimum Gasteiger partial charge on any atom is -0.266 e. The zero-order chi connectivity index (χ0) is 14.8. The molecule has 0 fully saturated rings. The van der Waals surface area contributed by atoms with Crippen LogP contribution in [-0.2, 0) is 10.0 Å². The van der Waals surface area contributed by atoms with Crippen LogP contribution >= 0.6 is 0 Å². The van der Waals surface area contributed by atoms with E-state index in [4.69, 9.17) is 0 Å². The van der Waals surface area contributed by atoms with Crippen LogP contribution in [0.5, 0.6) is 0 Å². The first-order valence-corrected chi connectivity index (χ1v) is 7.43. The Kier molecular flexibility index (Phi) is 4.04. The fourth-order valence-corrected chi connectivity index (χ4v) is 3.43. The molecule has 0 aromatic heterocycles. The van der Waals surface area contributed by atoms with E-state index in [1.807, 2.05) is 0 Å². The van der Waals surface area contributed by atoms with Crippen LogP contribution in [-0.4, -0.2) is 15.0 Å². The highest BCUT2D eigenvalue weighted by atomic mass is 32.2. The highest BCUT2D eigenvalue weighted by Gasteiger charge is 2.26. The lowest BCUT2D eigenvalue weighted by Gasteiger charge is -2.23. The second kappa shape index (κ2) is 5.58. The fraction of sp³-hybridized carbons (Fsp3) is 0.143. The largest absolute Gasteiger partial charge is 0.267 e. The van der Waals surface area contributed by atoms with Crippen LogP contribution in [0.1, 0.15) is 6.92 Å². The standard InChI is InChI=1S/C14H13F2NO2S/c1-2-17(12-7-5-6-11(15)10-12)20(18,19)14-9-4-3-8-13(14)16/h3-10H,2H2,1H3. The maximum absolute atomic E-state index is 13.7. The van der Waals surface area contributed by atoms with Crippen molar-refractivity contribution in [2.75, 3.05) is 10.8 Å². The molecule has 106 valence electrons. The second-order valence-corrected chi connectivity index (χ2v) is 5.91. The van der Waals surface area contributed by atoms with Crippen LogP contribution in [0.4, 0.5) is 14.5 Å². The summed E-state index contributed by atoms with van der Waals surface area (Å²) in [6.45, 7) is 1.67. The molecule has 2 aromatic carbocycles. The predicted molar refractivity (Wildman–Crippen MR) is 73.0 cm³/mol. The molecule has 20 heavy (non-hydrogen) atoms. The highest BCUT2D eigenvalue weighted by Crippen LogP contribution is 2.25. The van der Waals surface area contributed by atoms with E-state index in [9.17, 15) is 17.2 Å². The summed E-state index contributed by atoms with van der Waals surface area (Å²) in [6.07, 6.45) is 0. The van der Waals surface area contributed by atoms with Gasteiger partial charge in [-0.25, -0.2) is 17.2 Å². The molecule has 0 unspecified atom stereocenters. The first-order chi connectivity index (χ1) is 9.46. The van der Waals surface area contributed by atoms with Gasteiger partial charge in [0.15, 0.2) is 0 Å². The molecular weight excluding hydrogens is 284 g/mol.